The highest BCUT2D eigenvalue weighted by molar-refractivity contribution is 6.68. The van der Waals surface area contributed by atoms with E-state index in [1.165, 1.54) is 6.20 Å². The molecule has 2 aromatic carbocycles. The van der Waals surface area contributed by atoms with Crippen molar-refractivity contribution in [2.45, 2.75) is 13.2 Å². The number of hydrogen-bond acceptors (Lipinski definition) is 5. The molecule has 0 aliphatic carbocycles. The molecule has 0 atom stereocenters. The maximum absolute atomic E-state index is 7.49. The predicted molar refractivity (Wildman–Crippen MR) is 107 cm³/mol. The molecule has 0 saturated carbocycles. The molecule has 6 nitrogen and oxygen atoms in total. The zero-order chi connectivity index (χ0) is 18.8. The van der Waals surface area contributed by atoms with E-state index in [1.54, 1.807) is 0 Å². The summed E-state index contributed by atoms with van der Waals surface area (Å²) in [6.45, 7) is 1.06. The molecule has 136 valence electrons. The minimum absolute atomic E-state index is 0.151. The summed E-state index contributed by atoms with van der Waals surface area (Å²) >= 11 is 5.70. The summed E-state index contributed by atoms with van der Waals surface area (Å²) in [7, 11) is 0. The Bertz CT molecular complexity index is 1030. The Kier molecular flexibility index (Phi) is 4.56. The first-order valence-corrected chi connectivity index (χ1v) is 8.83. The number of rotatable bonds is 4. The fourth-order valence-corrected chi connectivity index (χ4v) is 3.10. The average Bonchev–Trinajstić information content (AvgIpc) is 3.01. The molecule has 0 bridgehead atoms. The summed E-state index contributed by atoms with van der Waals surface area (Å²) in [6, 6.07) is 17.9. The van der Waals surface area contributed by atoms with Crippen molar-refractivity contribution in [2.75, 3.05) is 5.32 Å². The number of hydrogen-bond donors (Lipinski definition) is 3. The molecule has 0 spiro atoms. The number of fused-ring (bicyclic) bond motifs is 2. The second-order valence-electron chi connectivity index (χ2n) is 6.18. The van der Waals surface area contributed by atoms with Crippen LogP contribution in [0.1, 0.15) is 11.3 Å². The van der Waals surface area contributed by atoms with Crippen LogP contribution in [-0.2, 0) is 13.2 Å². The molecular weight excluding hydrogens is 362 g/mol. The van der Waals surface area contributed by atoms with Gasteiger partial charge in [0.2, 0.25) is 0 Å². The van der Waals surface area contributed by atoms with Crippen molar-refractivity contribution in [2.24, 2.45) is 5.73 Å². The van der Waals surface area contributed by atoms with E-state index in [0.29, 0.717) is 18.8 Å². The quantitative estimate of drug-likeness (QED) is 0.599. The highest BCUT2D eigenvalue weighted by atomic mass is 35.5. The lowest BCUT2D eigenvalue weighted by Crippen LogP contribution is -2.08. The summed E-state index contributed by atoms with van der Waals surface area (Å²) in [5.74, 6) is 0.768. The molecule has 4 N–H and O–H groups in total. The Morgan fingerprint density at radius 1 is 1.22 bits per heavy atom. The first-order chi connectivity index (χ1) is 13.1. The monoisotopic (exact) mass is 379 g/mol. The van der Waals surface area contributed by atoms with Crippen LogP contribution in [0.3, 0.4) is 0 Å². The number of allylic oxidation sites excluding steroid dienone is 1. The number of nitrogens with zero attached hydrogens (tertiary/aromatic N) is 2. The third kappa shape index (κ3) is 3.52. The minimum atomic E-state index is -0.151. The summed E-state index contributed by atoms with van der Waals surface area (Å²) < 4.78 is 7.98. The standard InChI is InChI=1S/C20H18ClN5O/c21-20(23)18(10-22)24-15-7-6-14-11-26-16(12-27-19(14)8-15)9-17(25-26)13-4-2-1-3-5-13/h1-10,23-24H,11-12,22H2. The van der Waals surface area contributed by atoms with Gasteiger partial charge in [0.1, 0.15) is 17.5 Å². The summed E-state index contributed by atoms with van der Waals surface area (Å²) in [6.07, 6.45) is 1.27. The van der Waals surface area contributed by atoms with Gasteiger partial charge >= 0.3 is 0 Å². The normalized spacial score (nSPS) is 13.1. The average molecular weight is 380 g/mol. The number of nitrogens with two attached hydrogens (primary N) is 1. The molecule has 0 unspecified atom stereocenters. The van der Waals surface area contributed by atoms with Crippen LogP contribution in [0.4, 0.5) is 5.69 Å². The van der Waals surface area contributed by atoms with E-state index in [-0.39, 0.29) is 5.17 Å². The number of nitrogens with one attached hydrogen (secondary N) is 2. The van der Waals surface area contributed by atoms with Crippen molar-refractivity contribution >= 4 is 22.5 Å². The van der Waals surface area contributed by atoms with E-state index >= 15 is 0 Å². The van der Waals surface area contributed by atoms with Gasteiger partial charge in [0.05, 0.1) is 23.6 Å². The lowest BCUT2D eigenvalue weighted by molar-refractivity contribution is 0.302. The van der Waals surface area contributed by atoms with Crippen LogP contribution in [0.25, 0.3) is 11.3 Å². The fraction of sp³-hybridized carbons (Fsp3) is 0.100. The van der Waals surface area contributed by atoms with Crippen LogP contribution < -0.4 is 15.8 Å². The molecule has 0 amide bonds. The summed E-state index contributed by atoms with van der Waals surface area (Å²) in [4.78, 5) is 0. The molecule has 27 heavy (non-hydrogen) atoms. The Hall–Kier alpha value is -3.25. The molecule has 4 rings (SSSR count). The van der Waals surface area contributed by atoms with E-state index < -0.39 is 0 Å². The second kappa shape index (κ2) is 7.17. The molecule has 0 saturated heterocycles. The van der Waals surface area contributed by atoms with E-state index in [9.17, 15) is 0 Å². The predicted octanol–water partition coefficient (Wildman–Crippen LogP) is 3.92. The molecule has 1 aromatic heterocycles. The minimum Gasteiger partial charge on any atom is -0.487 e. The lowest BCUT2D eigenvalue weighted by atomic mass is 10.1. The van der Waals surface area contributed by atoms with Crippen molar-refractivity contribution in [3.05, 3.63) is 77.8 Å². The van der Waals surface area contributed by atoms with Gasteiger partial charge in [0.15, 0.2) is 0 Å². The van der Waals surface area contributed by atoms with Gasteiger partial charge in [-0.15, -0.1) is 0 Å². The van der Waals surface area contributed by atoms with Gasteiger partial charge in [-0.1, -0.05) is 48.0 Å². The third-order valence-corrected chi connectivity index (χ3v) is 4.58. The SMILES string of the molecule is N=C(Cl)C(=CN)Nc1ccc2c(c1)OCc1cc(-c3ccccc3)nn1C2. The molecule has 1 aliphatic heterocycles. The molecule has 0 radical (unpaired) electrons. The second-order valence-corrected chi connectivity index (χ2v) is 6.55. The summed E-state index contributed by atoms with van der Waals surface area (Å²) in [5.41, 5.74) is 10.7. The smallest absolute Gasteiger partial charge is 0.146 e. The van der Waals surface area contributed by atoms with Gasteiger partial charge in [-0.3, -0.25) is 10.1 Å². The Morgan fingerprint density at radius 2 is 2.04 bits per heavy atom. The van der Waals surface area contributed by atoms with Crippen LogP contribution in [0, 0.1) is 5.41 Å². The maximum Gasteiger partial charge on any atom is 0.146 e. The van der Waals surface area contributed by atoms with Crippen LogP contribution in [0.5, 0.6) is 5.75 Å². The van der Waals surface area contributed by atoms with E-state index in [2.05, 4.69) is 11.4 Å². The van der Waals surface area contributed by atoms with Crippen molar-refractivity contribution in [3.63, 3.8) is 0 Å². The van der Waals surface area contributed by atoms with Crippen LogP contribution in [0.15, 0.2) is 66.5 Å². The van der Waals surface area contributed by atoms with E-state index in [0.717, 1.165) is 34.0 Å². The molecule has 2 heterocycles. The van der Waals surface area contributed by atoms with Gasteiger partial charge in [-0.2, -0.15) is 5.10 Å². The third-order valence-electron chi connectivity index (χ3n) is 4.38. The number of anilines is 1. The van der Waals surface area contributed by atoms with Gasteiger partial charge in [0, 0.05) is 29.1 Å². The van der Waals surface area contributed by atoms with Crippen molar-refractivity contribution in [1.29, 1.82) is 5.41 Å². The van der Waals surface area contributed by atoms with Crippen molar-refractivity contribution in [3.8, 4) is 17.0 Å². The van der Waals surface area contributed by atoms with Crippen molar-refractivity contribution < 1.29 is 4.74 Å². The Balaban J connectivity index is 1.60. The van der Waals surface area contributed by atoms with Crippen LogP contribution >= 0.6 is 11.6 Å². The van der Waals surface area contributed by atoms with Gasteiger partial charge in [-0.05, 0) is 12.1 Å². The maximum atomic E-state index is 7.49. The highest BCUT2D eigenvalue weighted by Crippen LogP contribution is 2.30. The van der Waals surface area contributed by atoms with Gasteiger partial charge in [-0.25, -0.2) is 0 Å². The van der Waals surface area contributed by atoms with Crippen LogP contribution in [-0.4, -0.2) is 15.0 Å². The topological polar surface area (TPSA) is 89.0 Å². The zero-order valence-corrected chi connectivity index (χ0v) is 15.2. The molecule has 3 aromatic rings. The lowest BCUT2D eigenvalue weighted by Gasteiger charge is -2.12. The molecule has 0 fully saturated rings. The van der Waals surface area contributed by atoms with Crippen LogP contribution in [0.2, 0.25) is 0 Å². The fourth-order valence-electron chi connectivity index (χ4n) is 2.99. The number of halogens is 1. The molecular formula is C20H18ClN5O. The Labute approximate surface area is 161 Å². The van der Waals surface area contributed by atoms with Gasteiger partial charge < -0.3 is 15.8 Å². The molecule has 1 aliphatic rings. The van der Waals surface area contributed by atoms with E-state index in [1.807, 2.05) is 53.2 Å². The highest BCUT2D eigenvalue weighted by Gasteiger charge is 2.17. The Morgan fingerprint density at radius 3 is 2.78 bits per heavy atom. The number of benzene rings is 2. The first-order valence-electron chi connectivity index (χ1n) is 8.45. The van der Waals surface area contributed by atoms with E-state index in [4.69, 9.17) is 32.6 Å². The van der Waals surface area contributed by atoms with Gasteiger partial charge in [0.25, 0.3) is 0 Å². The largest absolute Gasteiger partial charge is 0.487 e. The molecule has 7 heteroatoms. The first kappa shape index (κ1) is 17.2. The van der Waals surface area contributed by atoms with Crippen molar-refractivity contribution in [1.82, 2.24) is 9.78 Å². The number of ether oxygens (including phenoxy) is 1. The number of aromatic nitrogens is 2. The zero-order valence-electron chi connectivity index (χ0n) is 14.4. The summed E-state index contributed by atoms with van der Waals surface area (Å²) in [5, 5.41) is 15.1.